The zero-order valence-electron chi connectivity index (χ0n) is 13.0. The molecule has 0 aliphatic heterocycles. The van der Waals surface area contributed by atoms with Crippen molar-refractivity contribution in [1.82, 2.24) is 0 Å². The molecule has 0 aliphatic carbocycles. The minimum absolute atomic E-state index is 0.298. The first-order valence-electron chi connectivity index (χ1n) is 8.15. The SMILES string of the molecule is CCCCCCCCCOc1ccc2ccc(O)cc2c1. The Balaban J connectivity index is 1.71. The van der Waals surface area contributed by atoms with Gasteiger partial charge < -0.3 is 9.84 Å². The predicted molar refractivity (Wildman–Crippen MR) is 89.1 cm³/mol. The molecule has 2 aromatic carbocycles. The molecule has 0 saturated carbocycles. The molecule has 114 valence electrons. The molecule has 0 bridgehead atoms. The second-order valence-electron chi connectivity index (χ2n) is 5.66. The summed E-state index contributed by atoms with van der Waals surface area (Å²) in [6.07, 6.45) is 9.06. The first-order chi connectivity index (χ1) is 10.3. The Bertz CT molecular complexity index is 548. The van der Waals surface area contributed by atoms with Gasteiger partial charge in [0, 0.05) is 0 Å². The lowest BCUT2D eigenvalue weighted by Crippen LogP contribution is -1.97. The quantitative estimate of drug-likeness (QED) is 0.601. The fraction of sp³-hybridized carbons (Fsp3) is 0.474. The first-order valence-corrected chi connectivity index (χ1v) is 8.15. The number of hydrogen-bond acceptors (Lipinski definition) is 2. The van der Waals surface area contributed by atoms with Crippen LogP contribution >= 0.6 is 0 Å². The number of benzene rings is 2. The number of aromatic hydroxyl groups is 1. The van der Waals surface area contributed by atoms with E-state index in [-0.39, 0.29) is 0 Å². The van der Waals surface area contributed by atoms with E-state index in [0.29, 0.717) is 5.75 Å². The Hall–Kier alpha value is -1.70. The maximum atomic E-state index is 9.52. The average molecular weight is 286 g/mol. The third-order valence-corrected chi connectivity index (χ3v) is 3.81. The van der Waals surface area contributed by atoms with Crippen molar-refractivity contribution < 1.29 is 9.84 Å². The van der Waals surface area contributed by atoms with Crippen LogP contribution in [0.4, 0.5) is 0 Å². The minimum Gasteiger partial charge on any atom is -0.508 e. The van der Waals surface area contributed by atoms with Gasteiger partial charge in [0.1, 0.15) is 11.5 Å². The number of phenolic OH excluding ortho intramolecular Hbond substituents is 1. The van der Waals surface area contributed by atoms with Gasteiger partial charge in [0.2, 0.25) is 0 Å². The van der Waals surface area contributed by atoms with Gasteiger partial charge in [-0.15, -0.1) is 0 Å². The number of hydrogen-bond donors (Lipinski definition) is 1. The van der Waals surface area contributed by atoms with Gasteiger partial charge in [0.15, 0.2) is 0 Å². The van der Waals surface area contributed by atoms with Crippen molar-refractivity contribution in [2.75, 3.05) is 6.61 Å². The molecule has 0 radical (unpaired) electrons. The largest absolute Gasteiger partial charge is 0.508 e. The van der Waals surface area contributed by atoms with Crippen molar-refractivity contribution in [1.29, 1.82) is 0 Å². The normalized spacial score (nSPS) is 10.9. The van der Waals surface area contributed by atoms with E-state index in [1.54, 1.807) is 12.1 Å². The predicted octanol–water partition coefficient (Wildman–Crippen LogP) is 5.67. The second-order valence-corrected chi connectivity index (χ2v) is 5.66. The van der Waals surface area contributed by atoms with Gasteiger partial charge in [-0.2, -0.15) is 0 Å². The lowest BCUT2D eigenvalue weighted by Gasteiger charge is -2.07. The zero-order chi connectivity index (χ0) is 14.9. The molecule has 0 spiro atoms. The van der Waals surface area contributed by atoms with Gasteiger partial charge in [0.05, 0.1) is 6.61 Å². The molecule has 0 aliphatic rings. The van der Waals surface area contributed by atoms with E-state index >= 15 is 0 Å². The highest BCUT2D eigenvalue weighted by Crippen LogP contribution is 2.24. The molecule has 21 heavy (non-hydrogen) atoms. The van der Waals surface area contributed by atoms with Crippen LogP contribution in [0.2, 0.25) is 0 Å². The van der Waals surface area contributed by atoms with Gasteiger partial charge in [0.25, 0.3) is 0 Å². The van der Waals surface area contributed by atoms with Crippen molar-refractivity contribution in [3.05, 3.63) is 36.4 Å². The topological polar surface area (TPSA) is 29.5 Å². The number of unbranched alkanes of at least 4 members (excludes halogenated alkanes) is 6. The third-order valence-electron chi connectivity index (χ3n) is 3.81. The molecular weight excluding hydrogens is 260 g/mol. The van der Waals surface area contributed by atoms with Crippen LogP contribution in [-0.2, 0) is 0 Å². The van der Waals surface area contributed by atoms with Gasteiger partial charge in [-0.3, -0.25) is 0 Å². The zero-order valence-corrected chi connectivity index (χ0v) is 13.0. The highest BCUT2D eigenvalue weighted by molar-refractivity contribution is 5.85. The number of phenols is 1. The highest BCUT2D eigenvalue weighted by Gasteiger charge is 1.99. The molecule has 0 aromatic heterocycles. The van der Waals surface area contributed by atoms with Crippen molar-refractivity contribution in [3.8, 4) is 11.5 Å². The van der Waals surface area contributed by atoms with E-state index in [1.807, 2.05) is 24.3 Å². The maximum absolute atomic E-state index is 9.52. The lowest BCUT2D eigenvalue weighted by molar-refractivity contribution is 0.304. The smallest absolute Gasteiger partial charge is 0.119 e. The summed E-state index contributed by atoms with van der Waals surface area (Å²) in [5.41, 5.74) is 0. The molecule has 0 heterocycles. The maximum Gasteiger partial charge on any atom is 0.119 e. The first kappa shape index (κ1) is 15.7. The summed E-state index contributed by atoms with van der Waals surface area (Å²) in [4.78, 5) is 0. The lowest BCUT2D eigenvalue weighted by atomic mass is 10.1. The fourth-order valence-electron chi connectivity index (χ4n) is 2.55. The summed E-state index contributed by atoms with van der Waals surface area (Å²) in [7, 11) is 0. The molecule has 0 fully saturated rings. The van der Waals surface area contributed by atoms with Gasteiger partial charge in [-0.1, -0.05) is 57.6 Å². The molecule has 1 N–H and O–H groups in total. The van der Waals surface area contributed by atoms with Crippen LogP contribution in [-0.4, -0.2) is 11.7 Å². The summed E-state index contributed by atoms with van der Waals surface area (Å²) in [5, 5.41) is 11.7. The molecule has 0 saturated heterocycles. The molecule has 0 amide bonds. The van der Waals surface area contributed by atoms with Gasteiger partial charge in [-0.05, 0) is 41.5 Å². The Kier molecular flexibility index (Phi) is 6.39. The van der Waals surface area contributed by atoms with Crippen molar-refractivity contribution in [2.45, 2.75) is 51.9 Å². The molecule has 2 rings (SSSR count). The van der Waals surface area contributed by atoms with E-state index in [9.17, 15) is 5.11 Å². The van der Waals surface area contributed by atoms with Crippen molar-refractivity contribution >= 4 is 10.8 Å². The minimum atomic E-state index is 0.298. The average Bonchev–Trinajstić information content (AvgIpc) is 2.49. The summed E-state index contributed by atoms with van der Waals surface area (Å²) >= 11 is 0. The Morgan fingerprint density at radius 2 is 1.52 bits per heavy atom. The highest BCUT2D eigenvalue weighted by atomic mass is 16.5. The van der Waals surface area contributed by atoms with Crippen LogP contribution in [0.3, 0.4) is 0 Å². The number of rotatable bonds is 9. The molecule has 2 heteroatoms. The molecular formula is C19H26O2. The van der Waals surface area contributed by atoms with Gasteiger partial charge in [-0.25, -0.2) is 0 Å². The van der Waals surface area contributed by atoms with Crippen molar-refractivity contribution in [3.63, 3.8) is 0 Å². The fourth-order valence-corrected chi connectivity index (χ4v) is 2.55. The molecule has 2 aromatic rings. The van der Waals surface area contributed by atoms with E-state index in [0.717, 1.165) is 29.5 Å². The number of ether oxygens (including phenoxy) is 1. The Morgan fingerprint density at radius 3 is 2.33 bits per heavy atom. The van der Waals surface area contributed by atoms with Crippen LogP contribution in [0, 0.1) is 0 Å². The number of fused-ring (bicyclic) bond motifs is 1. The summed E-state index contributed by atoms with van der Waals surface area (Å²) < 4.78 is 5.80. The van der Waals surface area contributed by atoms with Crippen LogP contribution in [0.25, 0.3) is 10.8 Å². The van der Waals surface area contributed by atoms with Crippen LogP contribution < -0.4 is 4.74 Å². The van der Waals surface area contributed by atoms with E-state index in [1.165, 1.54) is 38.5 Å². The Morgan fingerprint density at radius 1 is 0.810 bits per heavy atom. The Labute approximate surface area is 127 Å². The summed E-state index contributed by atoms with van der Waals surface area (Å²) in [6, 6.07) is 11.4. The van der Waals surface area contributed by atoms with Crippen LogP contribution in [0.5, 0.6) is 11.5 Å². The second kappa shape index (κ2) is 8.56. The van der Waals surface area contributed by atoms with Crippen LogP contribution in [0.15, 0.2) is 36.4 Å². The third kappa shape index (κ3) is 5.30. The van der Waals surface area contributed by atoms with Gasteiger partial charge >= 0.3 is 0 Å². The standard InChI is InChI=1S/C19H26O2/c1-2-3-4-5-6-7-8-13-21-19-12-10-16-9-11-18(20)14-17(16)15-19/h9-12,14-15,20H,2-8,13H2,1H3. The summed E-state index contributed by atoms with van der Waals surface area (Å²) in [6.45, 7) is 3.02. The summed E-state index contributed by atoms with van der Waals surface area (Å²) in [5.74, 6) is 1.19. The molecule has 0 unspecified atom stereocenters. The molecule has 2 nitrogen and oxygen atoms in total. The monoisotopic (exact) mass is 286 g/mol. The molecule has 0 atom stereocenters. The van der Waals surface area contributed by atoms with Crippen molar-refractivity contribution in [2.24, 2.45) is 0 Å². The van der Waals surface area contributed by atoms with Crippen LogP contribution in [0.1, 0.15) is 51.9 Å². The van der Waals surface area contributed by atoms with E-state index < -0.39 is 0 Å². The van der Waals surface area contributed by atoms with E-state index in [4.69, 9.17) is 4.74 Å². The van der Waals surface area contributed by atoms with E-state index in [2.05, 4.69) is 6.92 Å².